The molecule has 4 nitrogen and oxygen atoms in total. The molecule has 1 aliphatic rings. The molecule has 1 saturated heterocycles. The Bertz CT molecular complexity index is 433. The summed E-state index contributed by atoms with van der Waals surface area (Å²) in [5, 5.41) is 3.12. The maximum atomic E-state index is 13.1. The second-order valence-electron chi connectivity index (χ2n) is 4.65. The highest BCUT2D eigenvalue weighted by molar-refractivity contribution is 5.78. The number of nitrogens with one attached hydrogen (secondary N) is 1. The minimum atomic E-state index is -0.259. The van der Waals surface area contributed by atoms with Gasteiger partial charge in [-0.1, -0.05) is 12.1 Å². The van der Waals surface area contributed by atoms with E-state index in [0.717, 1.165) is 5.56 Å². The van der Waals surface area contributed by atoms with Crippen molar-refractivity contribution in [3.63, 3.8) is 0 Å². The SMILES string of the molecule is C[C@H](NCC(=O)N1CCOCC1)c1cccc(F)c1. The molecule has 0 spiro atoms. The maximum Gasteiger partial charge on any atom is 0.236 e. The number of nitrogens with zero attached hydrogens (tertiary/aromatic N) is 1. The Labute approximate surface area is 112 Å². The molecule has 1 atom stereocenters. The highest BCUT2D eigenvalue weighted by Crippen LogP contribution is 2.13. The van der Waals surface area contributed by atoms with Crippen molar-refractivity contribution in [1.29, 1.82) is 0 Å². The molecule has 1 aromatic carbocycles. The smallest absolute Gasteiger partial charge is 0.236 e. The number of hydrogen-bond donors (Lipinski definition) is 1. The van der Waals surface area contributed by atoms with E-state index in [9.17, 15) is 9.18 Å². The molecule has 1 aromatic rings. The lowest BCUT2D eigenvalue weighted by Gasteiger charge is -2.27. The molecule has 1 N–H and O–H groups in total. The van der Waals surface area contributed by atoms with Gasteiger partial charge in [0.15, 0.2) is 0 Å². The predicted octanol–water partition coefficient (Wildman–Crippen LogP) is 1.34. The monoisotopic (exact) mass is 266 g/mol. The van der Waals surface area contributed by atoms with Crippen LogP contribution in [0.25, 0.3) is 0 Å². The molecule has 0 bridgehead atoms. The van der Waals surface area contributed by atoms with Crippen LogP contribution in [-0.4, -0.2) is 43.7 Å². The molecule has 0 unspecified atom stereocenters. The van der Waals surface area contributed by atoms with Crippen molar-refractivity contribution in [1.82, 2.24) is 10.2 Å². The lowest BCUT2D eigenvalue weighted by atomic mass is 10.1. The van der Waals surface area contributed by atoms with Gasteiger partial charge in [0, 0.05) is 19.1 Å². The van der Waals surface area contributed by atoms with Gasteiger partial charge in [-0.3, -0.25) is 4.79 Å². The van der Waals surface area contributed by atoms with Crippen LogP contribution in [0.2, 0.25) is 0 Å². The van der Waals surface area contributed by atoms with E-state index >= 15 is 0 Å². The van der Waals surface area contributed by atoms with Crippen molar-refractivity contribution in [3.05, 3.63) is 35.6 Å². The summed E-state index contributed by atoms with van der Waals surface area (Å²) >= 11 is 0. The van der Waals surface area contributed by atoms with E-state index in [2.05, 4.69) is 5.32 Å². The van der Waals surface area contributed by atoms with Crippen molar-refractivity contribution in [2.24, 2.45) is 0 Å². The van der Waals surface area contributed by atoms with E-state index in [1.807, 2.05) is 13.0 Å². The number of hydrogen-bond acceptors (Lipinski definition) is 3. The third-order valence-electron chi connectivity index (χ3n) is 3.27. The zero-order valence-electron chi connectivity index (χ0n) is 11.1. The summed E-state index contributed by atoms with van der Waals surface area (Å²) < 4.78 is 18.3. The molecule has 1 heterocycles. The number of benzene rings is 1. The topological polar surface area (TPSA) is 41.6 Å². The van der Waals surface area contributed by atoms with Crippen LogP contribution in [0, 0.1) is 5.82 Å². The van der Waals surface area contributed by atoms with Gasteiger partial charge >= 0.3 is 0 Å². The van der Waals surface area contributed by atoms with Crippen molar-refractivity contribution < 1.29 is 13.9 Å². The average molecular weight is 266 g/mol. The van der Waals surface area contributed by atoms with Crippen LogP contribution in [0.1, 0.15) is 18.5 Å². The van der Waals surface area contributed by atoms with Crippen LogP contribution in [0.4, 0.5) is 4.39 Å². The zero-order chi connectivity index (χ0) is 13.7. The number of carbonyl (C=O) groups is 1. The normalized spacial score (nSPS) is 17.3. The van der Waals surface area contributed by atoms with Gasteiger partial charge in [-0.2, -0.15) is 0 Å². The summed E-state index contributed by atoms with van der Waals surface area (Å²) in [6.45, 7) is 4.68. The van der Waals surface area contributed by atoms with E-state index in [-0.39, 0.29) is 24.3 Å². The highest BCUT2D eigenvalue weighted by Gasteiger charge is 2.17. The van der Waals surface area contributed by atoms with E-state index in [1.165, 1.54) is 12.1 Å². The lowest BCUT2D eigenvalue weighted by Crippen LogP contribution is -2.45. The second-order valence-corrected chi connectivity index (χ2v) is 4.65. The first kappa shape index (κ1) is 14.0. The summed E-state index contributed by atoms with van der Waals surface area (Å²) in [4.78, 5) is 13.7. The standard InChI is InChI=1S/C14H19FN2O2/c1-11(12-3-2-4-13(15)9-12)16-10-14(18)17-5-7-19-8-6-17/h2-4,9,11,16H,5-8,10H2,1H3/t11-/m0/s1. The molecule has 0 radical (unpaired) electrons. The van der Waals surface area contributed by atoms with E-state index < -0.39 is 0 Å². The van der Waals surface area contributed by atoms with Crippen LogP contribution < -0.4 is 5.32 Å². The van der Waals surface area contributed by atoms with Crippen molar-refractivity contribution in [2.45, 2.75) is 13.0 Å². The van der Waals surface area contributed by atoms with E-state index in [0.29, 0.717) is 26.3 Å². The van der Waals surface area contributed by atoms with Crippen molar-refractivity contribution in [3.8, 4) is 0 Å². The third kappa shape index (κ3) is 4.01. The molecule has 0 aromatic heterocycles. The Hall–Kier alpha value is -1.46. The largest absolute Gasteiger partial charge is 0.378 e. The van der Waals surface area contributed by atoms with Crippen LogP contribution >= 0.6 is 0 Å². The van der Waals surface area contributed by atoms with Gasteiger partial charge < -0.3 is 15.0 Å². The van der Waals surface area contributed by atoms with Crippen molar-refractivity contribution >= 4 is 5.91 Å². The van der Waals surface area contributed by atoms with E-state index in [1.54, 1.807) is 11.0 Å². The molecular weight excluding hydrogens is 247 g/mol. The molecule has 1 fully saturated rings. The number of carbonyl (C=O) groups excluding carboxylic acids is 1. The number of rotatable bonds is 4. The maximum absolute atomic E-state index is 13.1. The Morgan fingerprint density at radius 2 is 2.21 bits per heavy atom. The van der Waals surface area contributed by atoms with Crippen LogP contribution in [0.3, 0.4) is 0 Å². The summed E-state index contributed by atoms with van der Waals surface area (Å²) in [5.41, 5.74) is 0.842. The summed E-state index contributed by atoms with van der Waals surface area (Å²) in [6, 6.07) is 6.36. The first-order valence-electron chi connectivity index (χ1n) is 6.51. The Morgan fingerprint density at radius 1 is 1.47 bits per heavy atom. The van der Waals surface area contributed by atoms with E-state index in [4.69, 9.17) is 4.74 Å². The quantitative estimate of drug-likeness (QED) is 0.894. The second kappa shape index (κ2) is 6.63. The Morgan fingerprint density at radius 3 is 2.89 bits per heavy atom. The number of amides is 1. The molecule has 2 rings (SSSR count). The van der Waals surface area contributed by atoms with Gasteiger partial charge in [0.2, 0.25) is 5.91 Å². The molecule has 104 valence electrons. The van der Waals surface area contributed by atoms with Crippen LogP contribution in [0.15, 0.2) is 24.3 Å². The average Bonchev–Trinajstić information content (AvgIpc) is 2.45. The fraction of sp³-hybridized carbons (Fsp3) is 0.500. The molecule has 0 aliphatic carbocycles. The van der Waals surface area contributed by atoms with Crippen LogP contribution in [0.5, 0.6) is 0 Å². The molecule has 0 saturated carbocycles. The van der Waals surface area contributed by atoms with Gasteiger partial charge in [0.1, 0.15) is 5.82 Å². The minimum Gasteiger partial charge on any atom is -0.378 e. The minimum absolute atomic E-state index is 0.0549. The fourth-order valence-electron chi connectivity index (χ4n) is 2.06. The summed E-state index contributed by atoms with van der Waals surface area (Å²) in [7, 11) is 0. The molecule has 1 amide bonds. The first-order chi connectivity index (χ1) is 9.16. The summed E-state index contributed by atoms with van der Waals surface area (Å²) in [5.74, 6) is -0.197. The van der Waals surface area contributed by atoms with Gasteiger partial charge in [0.25, 0.3) is 0 Å². The number of halogens is 1. The van der Waals surface area contributed by atoms with Crippen molar-refractivity contribution in [2.75, 3.05) is 32.8 Å². The summed E-state index contributed by atoms with van der Waals surface area (Å²) in [6.07, 6.45) is 0. The van der Waals surface area contributed by atoms with Gasteiger partial charge in [-0.15, -0.1) is 0 Å². The lowest BCUT2D eigenvalue weighted by molar-refractivity contribution is -0.134. The third-order valence-corrected chi connectivity index (χ3v) is 3.27. The molecule has 1 aliphatic heterocycles. The first-order valence-corrected chi connectivity index (χ1v) is 6.51. The molecular formula is C14H19FN2O2. The molecule has 5 heteroatoms. The number of morpholine rings is 1. The molecule has 19 heavy (non-hydrogen) atoms. The Balaban J connectivity index is 1.82. The van der Waals surface area contributed by atoms with Gasteiger partial charge in [0.05, 0.1) is 19.8 Å². The highest BCUT2D eigenvalue weighted by atomic mass is 19.1. The van der Waals surface area contributed by atoms with Gasteiger partial charge in [-0.25, -0.2) is 4.39 Å². The zero-order valence-corrected chi connectivity index (χ0v) is 11.1. The van der Waals surface area contributed by atoms with Gasteiger partial charge in [-0.05, 0) is 24.6 Å². The van der Waals surface area contributed by atoms with Crippen LogP contribution in [-0.2, 0) is 9.53 Å². The number of ether oxygens (including phenoxy) is 1. The Kier molecular flexibility index (Phi) is 4.87. The predicted molar refractivity (Wildman–Crippen MR) is 70.2 cm³/mol. The fourth-order valence-corrected chi connectivity index (χ4v) is 2.06.